The van der Waals surface area contributed by atoms with Crippen molar-refractivity contribution in [1.82, 2.24) is 5.32 Å². The van der Waals surface area contributed by atoms with Gasteiger partial charge in [0, 0.05) is 19.6 Å². The number of hydrogen-bond acceptors (Lipinski definition) is 3. The van der Waals surface area contributed by atoms with Crippen LogP contribution in [-0.2, 0) is 4.74 Å². The smallest absolute Gasteiger partial charge is 0.165 e. The third-order valence-electron chi connectivity index (χ3n) is 4.09. The van der Waals surface area contributed by atoms with Crippen molar-refractivity contribution in [3.63, 3.8) is 0 Å². The Hall–Kier alpha value is -1.13. The first kappa shape index (κ1) is 15.3. The quantitative estimate of drug-likeness (QED) is 0.896. The molecule has 1 aliphatic carbocycles. The van der Waals surface area contributed by atoms with Gasteiger partial charge in [0.1, 0.15) is 6.10 Å². The van der Waals surface area contributed by atoms with E-state index in [1.165, 1.54) is 0 Å². The molecule has 1 aromatic carbocycles. The van der Waals surface area contributed by atoms with Crippen LogP contribution in [0.15, 0.2) is 18.2 Å². The van der Waals surface area contributed by atoms with Crippen LogP contribution >= 0.6 is 0 Å². The van der Waals surface area contributed by atoms with E-state index in [0.29, 0.717) is 5.75 Å². The molecule has 0 heterocycles. The summed E-state index contributed by atoms with van der Waals surface area (Å²) in [5.41, 5.74) is 0.927. The van der Waals surface area contributed by atoms with E-state index in [0.717, 1.165) is 31.2 Å². The molecule has 20 heavy (non-hydrogen) atoms. The third kappa shape index (κ3) is 3.70. The summed E-state index contributed by atoms with van der Waals surface area (Å²) in [5, 5.41) is 3.10. The van der Waals surface area contributed by atoms with E-state index in [1.807, 2.05) is 20.0 Å². The zero-order valence-electron chi connectivity index (χ0n) is 12.5. The lowest BCUT2D eigenvalue weighted by Gasteiger charge is -2.28. The minimum Gasteiger partial charge on any atom is -0.487 e. The number of nitrogens with one attached hydrogen (secondary N) is 1. The molecule has 3 atom stereocenters. The second kappa shape index (κ2) is 7.04. The second-order valence-electron chi connectivity index (χ2n) is 5.46. The van der Waals surface area contributed by atoms with Crippen molar-refractivity contribution in [2.24, 2.45) is 0 Å². The lowest BCUT2D eigenvalue weighted by Crippen LogP contribution is -2.29. The molecule has 0 amide bonds. The first-order valence-corrected chi connectivity index (χ1v) is 7.30. The number of ether oxygens (including phenoxy) is 2. The molecule has 1 saturated carbocycles. The van der Waals surface area contributed by atoms with Crippen LogP contribution < -0.4 is 10.1 Å². The average Bonchev–Trinajstić information content (AvgIpc) is 2.48. The Morgan fingerprint density at radius 2 is 2.05 bits per heavy atom. The molecule has 112 valence electrons. The summed E-state index contributed by atoms with van der Waals surface area (Å²) in [6.45, 7) is 2.00. The Morgan fingerprint density at radius 1 is 1.30 bits per heavy atom. The molecular formula is C16H24FNO2. The minimum absolute atomic E-state index is 0.0516. The van der Waals surface area contributed by atoms with Gasteiger partial charge in [-0.05, 0) is 50.9 Å². The average molecular weight is 281 g/mol. The molecular weight excluding hydrogens is 257 g/mol. The van der Waals surface area contributed by atoms with Gasteiger partial charge < -0.3 is 14.8 Å². The first-order valence-electron chi connectivity index (χ1n) is 7.30. The maximum absolute atomic E-state index is 14.1. The summed E-state index contributed by atoms with van der Waals surface area (Å²) in [7, 11) is 3.58. The molecule has 0 radical (unpaired) electrons. The standard InChI is InChI=1S/C16H24FNO2/c1-11(18-2)12-7-8-16(15(17)9-12)20-14-6-4-5-13(10-14)19-3/h7-9,11,13-14,18H,4-6,10H2,1-3H3. The minimum atomic E-state index is -0.288. The highest BCUT2D eigenvalue weighted by molar-refractivity contribution is 5.31. The van der Waals surface area contributed by atoms with Crippen molar-refractivity contribution in [3.05, 3.63) is 29.6 Å². The Bertz CT molecular complexity index is 438. The van der Waals surface area contributed by atoms with Gasteiger partial charge in [-0.1, -0.05) is 6.07 Å². The molecule has 2 rings (SSSR count). The normalized spacial score (nSPS) is 24.4. The van der Waals surface area contributed by atoms with Crippen LogP contribution in [0.4, 0.5) is 4.39 Å². The summed E-state index contributed by atoms with van der Waals surface area (Å²) >= 11 is 0. The maximum Gasteiger partial charge on any atom is 0.165 e. The summed E-state index contributed by atoms with van der Waals surface area (Å²) in [5.74, 6) is 0.0583. The first-order chi connectivity index (χ1) is 9.63. The summed E-state index contributed by atoms with van der Waals surface area (Å²) in [6, 6.07) is 5.32. The molecule has 3 unspecified atom stereocenters. The van der Waals surface area contributed by atoms with Crippen molar-refractivity contribution >= 4 is 0 Å². The summed E-state index contributed by atoms with van der Waals surface area (Å²) < 4.78 is 25.3. The highest BCUT2D eigenvalue weighted by atomic mass is 19.1. The zero-order valence-corrected chi connectivity index (χ0v) is 12.5. The van der Waals surface area contributed by atoms with Gasteiger partial charge in [0.15, 0.2) is 11.6 Å². The zero-order chi connectivity index (χ0) is 14.5. The van der Waals surface area contributed by atoms with E-state index < -0.39 is 0 Å². The predicted octanol–water partition coefficient (Wildman–Crippen LogP) is 3.44. The van der Waals surface area contributed by atoms with Gasteiger partial charge in [-0.2, -0.15) is 0 Å². The lowest BCUT2D eigenvalue weighted by molar-refractivity contribution is 0.0197. The number of hydrogen-bond donors (Lipinski definition) is 1. The largest absolute Gasteiger partial charge is 0.487 e. The fourth-order valence-corrected chi connectivity index (χ4v) is 2.65. The summed E-state index contributed by atoms with van der Waals surface area (Å²) in [4.78, 5) is 0. The van der Waals surface area contributed by atoms with Gasteiger partial charge in [-0.15, -0.1) is 0 Å². The van der Waals surface area contributed by atoms with Gasteiger partial charge in [0.05, 0.1) is 6.10 Å². The Labute approximate surface area is 120 Å². The summed E-state index contributed by atoms with van der Waals surface area (Å²) in [6.07, 6.45) is 4.23. The van der Waals surface area contributed by atoms with Crippen molar-refractivity contribution in [2.45, 2.75) is 50.9 Å². The topological polar surface area (TPSA) is 30.5 Å². The molecule has 1 N–H and O–H groups in total. The molecule has 0 saturated heterocycles. The Morgan fingerprint density at radius 3 is 2.70 bits per heavy atom. The van der Waals surface area contributed by atoms with Crippen LogP contribution in [0.1, 0.15) is 44.2 Å². The Kier molecular flexibility index (Phi) is 5.38. The molecule has 0 aromatic heterocycles. The van der Waals surface area contributed by atoms with Crippen LogP contribution in [0, 0.1) is 5.82 Å². The monoisotopic (exact) mass is 281 g/mol. The molecule has 4 heteroatoms. The molecule has 1 fully saturated rings. The second-order valence-corrected chi connectivity index (χ2v) is 5.46. The number of benzene rings is 1. The van der Waals surface area contributed by atoms with Crippen molar-refractivity contribution < 1.29 is 13.9 Å². The fraction of sp³-hybridized carbons (Fsp3) is 0.625. The van der Waals surface area contributed by atoms with E-state index in [4.69, 9.17) is 9.47 Å². The Balaban J connectivity index is 2.02. The van der Waals surface area contributed by atoms with Crippen LogP contribution in [-0.4, -0.2) is 26.4 Å². The maximum atomic E-state index is 14.1. The van der Waals surface area contributed by atoms with Crippen molar-refractivity contribution in [3.8, 4) is 5.75 Å². The van der Waals surface area contributed by atoms with Gasteiger partial charge in [0.2, 0.25) is 0 Å². The van der Waals surface area contributed by atoms with Crippen LogP contribution in [0.5, 0.6) is 5.75 Å². The molecule has 3 nitrogen and oxygen atoms in total. The molecule has 0 spiro atoms. The van der Waals surface area contributed by atoms with Crippen LogP contribution in [0.3, 0.4) is 0 Å². The SMILES string of the molecule is CNC(C)c1ccc(OC2CCCC(OC)C2)c(F)c1. The van der Waals surface area contributed by atoms with E-state index in [9.17, 15) is 4.39 Å². The van der Waals surface area contributed by atoms with Crippen LogP contribution in [0.2, 0.25) is 0 Å². The van der Waals surface area contributed by atoms with Crippen LogP contribution in [0.25, 0.3) is 0 Å². The molecule has 1 aliphatic rings. The van der Waals surface area contributed by atoms with Gasteiger partial charge >= 0.3 is 0 Å². The van der Waals surface area contributed by atoms with E-state index in [-0.39, 0.29) is 24.1 Å². The van der Waals surface area contributed by atoms with E-state index >= 15 is 0 Å². The van der Waals surface area contributed by atoms with Crippen molar-refractivity contribution in [2.75, 3.05) is 14.2 Å². The number of methoxy groups -OCH3 is 1. The lowest BCUT2D eigenvalue weighted by atomic mass is 9.95. The van der Waals surface area contributed by atoms with Gasteiger partial charge in [-0.25, -0.2) is 4.39 Å². The van der Waals surface area contributed by atoms with E-state index in [1.54, 1.807) is 19.2 Å². The number of rotatable bonds is 5. The predicted molar refractivity (Wildman–Crippen MR) is 77.6 cm³/mol. The fourth-order valence-electron chi connectivity index (χ4n) is 2.65. The van der Waals surface area contributed by atoms with Gasteiger partial charge in [0.25, 0.3) is 0 Å². The van der Waals surface area contributed by atoms with E-state index in [2.05, 4.69) is 5.32 Å². The molecule has 1 aromatic rings. The highest BCUT2D eigenvalue weighted by Gasteiger charge is 2.24. The molecule has 0 bridgehead atoms. The highest BCUT2D eigenvalue weighted by Crippen LogP contribution is 2.28. The van der Waals surface area contributed by atoms with Crippen molar-refractivity contribution in [1.29, 1.82) is 0 Å². The van der Waals surface area contributed by atoms with Gasteiger partial charge in [-0.3, -0.25) is 0 Å². The molecule has 0 aliphatic heterocycles. The third-order valence-corrected chi connectivity index (χ3v) is 4.09. The number of halogens is 1.